The number of benzene rings is 1. The molecule has 0 bridgehead atoms. The van der Waals surface area contributed by atoms with Gasteiger partial charge < -0.3 is 5.32 Å². The smallest absolute Gasteiger partial charge is 0.143 e. The van der Waals surface area contributed by atoms with E-state index in [0.717, 1.165) is 19.3 Å². The predicted octanol–water partition coefficient (Wildman–Crippen LogP) is 4.05. The Balaban J connectivity index is 2.71. The van der Waals surface area contributed by atoms with Crippen molar-refractivity contribution in [3.8, 4) is 0 Å². The minimum atomic E-state index is -0.476. The Morgan fingerprint density at radius 2 is 2.00 bits per heavy atom. The van der Waals surface area contributed by atoms with Crippen LogP contribution < -0.4 is 5.32 Å². The zero-order chi connectivity index (χ0) is 12.8. The number of nitrogens with one attached hydrogen (secondary N) is 1. The normalized spacial score (nSPS) is 12.8. The van der Waals surface area contributed by atoms with Gasteiger partial charge in [0, 0.05) is 11.6 Å². The number of rotatable bonds is 6. The first-order valence-corrected chi connectivity index (χ1v) is 6.69. The largest absolute Gasteiger partial charge is 0.317 e. The molecule has 1 nitrogen and oxygen atoms in total. The highest BCUT2D eigenvalue weighted by Crippen LogP contribution is 2.23. The van der Waals surface area contributed by atoms with Crippen molar-refractivity contribution in [1.82, 2.24) is 5.32 Å². The third-order valence-corrected chi connectivity index (χ3v) is 3.54. The van der Waals surface area contributed by atoms with Crippen molar-refractivity contribution in [2.75, 3.05) is 7.05 Å². The van der Waals surface area contributed by atoms with Crippen LogP contribution in [0.2, 0.25) is 0 Å². The Kier molecular flexibility index (Phi) is 6.06. The van der Waals surface area contributed by atoms with E-state index in [4.69, 9.17) is 0 Å². The molecular formula is C13H18BrF2N. The van der Waals surface area contributed by atoms with E-state index < -0.39 is 11.6 Å². The van der Waals surface area contributed by atoms with Crippen LogP contribution >= 0.6 is 15.9 Å². The van der Waals surface area contributed by atoms with Gasteiger partial charge in [0.15, 0.2) is 0 Å². The fourth-order valence-electron chi connectivity index (χ4n) is 1.90. The summed E-state index contributed by atoms with van der Waals surface area (Å²) in [5.41, 5.74) is 0.177. The molecule has 4 heteroatoms. The van der Waals surface area contributed by atoms with Gasteiger partial charge in [-0.3, -0.25) is 0 Å². The van der Waals surface area contributed by atoms with E-state index >= 15 is 0 Å². The Bertz CT molecular complexity index is 369. The van der Waals surface area contributed by atoms with Gasteiger partial charge in [-0.2, -0.15) is 0 Å². The first-order valence-electron chi connectivity index (χ1n) is 5.89. The van der Waals surface area contributed by atoms with Crippen molar-refractivity contribution in [3.63, 3.8) is 0 Å². The van der Waals surface area contributed by atoms with E-state index in [1.54, 1.807) is 0 Å². The molecule has 1 aromatic carbocycles. The summed E-state index contributed by atoms with van der Waals surface area (Å²) < 4.78 is 27.5. The van der Waals surface area contributed by atoms with Crippen LogP contribution in [0.5, 0.6) is 0 Å². The summed E-state index contributed by atoms with van der Waals surface area (Å²) in [5.74, 6) is -0.937. The molecule has 0 aliphatic heterocycles. The number of hydrogen-bond donors (Lipinski definition) is 1. The molecule has 1 unspecified atom stereocenters. The molecule has 0 amide bonds. The van der Waals surface area contributed by atoms with Crippen LogP contribution in [0.3, 0.4) is 0 Å². The summed E-state index contributed by atoms with van der Waals surface area (Å²) in [5, 5.41) is 3.17. The molecule has 1 aromatic rings. The quantitative estimate of drug-likeness (QED) is 0.782. The lowest BCUT2D eigenvalue weighted by Gasteiger charge is -2.15. The van der Waals surface area contributed by atoms with Crippen LogP contribution in [0.1, 0.15) is 31.7 Å². The van der Waals surface area contributed by atoms with Crippen molar-refractivity contribution < 1.29 is 8.78 Å². The Labute approximate surface area is 110 Å². The molecule has 0 fully saturated rings. The monoisotopic (exact) mass is 305 g/mol. The zero-order valence-corrected chi connectivity index (χ0v) is 11.8. The van der Waals surface area contributed by atoms with Crippen LogP contribution in [-0.4, -0.2) is 13.1 Å². The van der Waals surface area contributed by atoms with Gasteiger partial charge in [-0.25, -0.2) is 8.78 Å². The summed E-state index contributed by atoms with van der Waals surface area (Å²) in [6.45, 7) is 2.10. The summed E-state index contributed by atoms with van der Waals surface area (Å²) in [7, 11) is 1.88. The lowest BCUT2D eigenvalue weighted by molar-refractivity contribution is 0.468. The number of hydrogen-bond acceptors (Lipinski definition) is 1. The van der Waals surface area contributed by atoms with E-state index in [0.29, 0.717) is 16.9 Å². The molecule has 17 heavy (non-hydrogen) atoms. The first kappa shape index (κ1) is 14.6. The molecule has 0 radical (unpaired) electrons. The van der Waals surface area contributed by atoms with Gasteiger partial charge in [-0.1, -0.05) is 13.3 Å². The van der Waals surface area contributed by atoms with Gasteiger partial charge >= 0.3 is 0 Å². The minimum absolute atomic E-state index is 0.177. The fraction of sp³-hybridized carbons (Fsp3) is 0.538. The fourth-order valence-corrected chi connectivity index (χ4v) is 2.27. The van der Waals surface area contributed by atoms with Crippen LogP contribution in [0.25, 0.3) is 0 Å². The SMILES string of the molecule is CCCC(CCc1c(F)ccc(Br)c1F)NC. The molecule has 0 saturated heterocycles. The van der Waals surface area contributed by atoms with E-state index in [-0.39, 0.29) is 5.56 Å². The maximum absolute atomic E-state index is 13.7. The second-order valence-electron chi connectivity index (χ2n) is 4.13. The minimum Gasteiger partial charge on any atom is -0.317 e. The third-order valence-electron chi connectivity index (χ3n) is 2.93. The van der Waals surface area contributed by atoms with Gasteiger partial charge in [0.2, 0.25) is 0 Å². The molecule has 0 aliphatic rings. The van der Waals surface area contributed by atoms with Gasteiger partial charge in [0.1, 0.15) is 11.6 Å². The molecule has 1 atom stereocenters. The van der Waals surface area contributed by atoms with E-state index in [2.05, 4.69) is 28.2 Å². The maximum atomic E-state index is 13.7. The van der Waals surface area contributed by atoms with E-state index in [1.807, 2.05) is 7.05 Å². The highest BCUT2D eigenvalue weighted by Gasteiger charge is 2.14. The maximum Gasteiger partial charge on any atom is 0.143 e. The average Bonchev–Trinajstić information content (AvgIpc) is 2.32. The van der Waals surface area contributed by atoms with E-state index in [1.165, 1.54) is 12.1 Å². The van der Waals surface area contributed by atoms with Crippen molar-refractivity contribution in [1.29, 1.82) is 0 Å². The molecule has 0 saturated carbocycles. The number of halogens is 3. The van der Waals surface area contributed by atoms with Gasteiger partial charge in [0.05, 0.1) is 4.47 Å². The second kappa shape index (κ2) is 7.07. The molecule has 0 aromatic heterocycles. The van der Waals surface area contributed by atoms with Crippen molar-refractivity contribution >= 4 is 15.9 Å². The summed E-state index contributed by atoms with van der Waals surface area (Å²) >= 11 is 3.08. The molecular weight excluding hydrogens is 288 g/mol. The Hall–Kier alpha value is -0.480. The van der Waals surface area contributed by atoms with Crippen LogP contribution in [0.15, 0.2) is 16.6 Å². The standard InChI is InChI=1S/C13H18BrF2N/c1-3-4-9(17-2)5-6-10-12(15)8-7-11(14)13(10)16/h7-9,17H,3-6H2,1-2H3. The molecule has 1 rings (SSSR count). The molecule has 96 valence electrons. The van der Waals surface area contributed by atoms with Crippen LogP contribution in [-0.2, 0) is 6.42 Å². The molecule has 0 spiro atoms. The first-order chi connectivity index (χ1) is 8.10. The molecule has 0 heterocycles. The van der Waals surface area contributed by atoms with Gasteiger partial charge in [-0.05, 0) is 54.4 Å². The summed E-state index contributed by atoms with van der Waals surface area (Å²) in [4.78, 5) is 0. The van der Waals surface area contributed by atoms with Gasteiger partial charge in [-0.15, -0.1) is 0 Å². The van der Waals surface area contributed by atoms with Crippen molar-refractivity contribution in [2.45, 2.75) is 38.6 Å². The van der Waals surface area contributed by atoms with Crippen LogP contribution in [0.4, 0.5) is 8.78 Å². The van der Waals surface area contributed by atoms with E-state index in [9.17, 15) is 8.78 Å². The molecule has 0 aliphatic carbocycles. The highest BCUT2D eigenvalue weighted by molar-refractivity contribution is 9.10. The zero-order valence-electron chi connectivity index (χ0n) is 10.2. The Morgan fingerprint density at radius 3 is 2.59 bits per heavy atom. The van der Waals surface area contributed by atoms with Gasteiger partial charge in [0.25, 0.3) is 0 Å². The predicted molar refractivity (Wildman–Crippen MR) is 70.1 cm³/mol. The summed E-state index contributed by atoms with van der Waals surface area (Å²) in [6.07, 6.45) is 3.25. The average molecular weight is 306 g/mol. The lowest BCUT2D eigenvalue weighted by Crippen LogP contribution is -2.25. The topological polar surface area (TPSA) is 12.0 Å². The van der Waals surface area contributed by atoms with Crippen molar-refractivity contribution in [2.24, 2.45) is 0 Å². The third kappa shape index (κ3) is 4.03. The Morgan fingerprint density at radius 1 is 1.29 bits per heavy atom. The summed E-state index contributed by atoms with van der Waals surface area (Å²) in [6, 6.07) is 3.02. The second-order valence-corrected chi connectivity index (χ2v) is 4.99. The highest BCUT2D eigenvalue weighted by atomic mass is 79.9. The van der Waals surface area contributed by atoms with Crippen molar-refractivity contribution in [3.05, 3.63) is 33.8 Å². The van der Waals surface area contributed by atoms with Crippen LogP contribution in [0, 0.1) is 11.6 Å². The lowest BCUT2D eigenvalue weighted by atomic mass is 10.0. The molecule has 1 N–H and O–H groups in total.